The van der Waals surface area contributed by atoms with Gasteiger partial charge in [-0.15, -0.1) is 12.4 Å². The van der Waals surface area contributed by atoms with E-state index in [4.69, 9.17) is 5.11 Å². The van der Waals surface area contributed by atoms with Gasteiger partial charge in [-0.3, -0.25) is 9.69 Å². The average Bonchev–Trinajstić information content (AvgIpc) is 2.13. The van der Waals surface area contributed by atoms with Gasteiger partial charge >= 0.3 is 5.97 Å². The lowest BCUT2D eigenvalue weighted by Gasteiger charge is -2.14. The molecule has 0 aliphatic carbocycles. The van der Waals surface area contributed by atoms with Crippen LogP contribution in [-0.2, 0) is 4.79 Å². The zero-order valence-electron chi connectivity index (χ0n) is 11.0. The van der Waals surface area contributed by atoms with Gasteiger partial charge in [0.2, 0.25) is 0 Å². The highest BCUT2D eigenvalue weighted by Crippen LogP contribution is 2.09. The Balaban J connectivity index is 0. The maximum atomic E-state index is 10.5. The number of carboxylic acids is 1. The summed E-state index contributed by atoms with van der Waals surface area (Å²) in [5, 5.41) is 8.63. The molecule has 0 aromatic rings. The van der Waals surface area contributed by atoms with E-state index >= 15 is 0 Å². The van der Waals surface area contributed by atoms with Crippen LogP contribution in [-0.4, -0.2) is 35.6 Å². The van der Waals surface area contributed by atoms with Gasteiger partial charge in [0.1, 0.15) is 0 Å². The molecule has 17 heavy (non-hydrogen) atoms. The van der Waals surface area contributed by atoms with E-state index in [9.17, 15) is 4.79 Å². The van der Waals surface area contributed by atoms with Crippen molar-refractivity contribution < 1.29 is 9.90 Å². The first-order valence-electron chi connectivity index (χ1n) is 5.47. The molecule has 4 heteroatoms. The molecular formula is C13H22ClNO2. The monoisotopic (exact) mass is 259 g/mol. The first kappa shape index (κ1) is 18.4. The van der Waals surface area contributed by atoms with Crippen LogP contribution in [0.25, 0.3) is 0 Å². The second-order valence-corrected chi connectivity index (χ2v) is 4.64. The van der Waals surface area contributed by atoms with Crippen LogP contribution >= 0.6 is 12.4 Å². The van der Waals surface area contributed by atoms with Gasteiger partial charge in [-0.1, -0.05) is 24.8 Å². The van der Waals surface area contributed by atoms with Crippen LogP contribution in [0.5, 0.6) is 0 Å². The quantitative estimate of drug-likeness (QED) is 0.771. The van der Waals surface area contributed by atoms with Crippen molar-refractivity contribution in [3.8, 4) is 11.8 Å². The molecule has 0 saturated heterocycles. The molecule has 0 aromatic carbocycles. The van der Waals surface area contributed by atoms with Crippen molar-refractivity contribution >= 4 is 18.4 Å². The lowest BCUT2D eigenvalue weighted by atomic mass is 9.98. The SMILES string of the molecule is CCN(CC=CC#CC(C)(C)C)CC(=O)O.Cl. The fraction of sp³-hybridized carbons (Fsp3) is 0.615. The van der Waals surface area contributed by atoms with Crippen molar-refractivity contribution in [3.05, 3.63) is 12.2 Å². The largest absolute Gasteiger partial charge is 0.480 e. The molecular weight excluding hydrogens is 238 g/mol. The molecule has 0 heterocycles. The maximum Gasteiger partial charge on any atom is 0.317 e. The summed E-state index contributed by atoms with van der Waals surface area (Å²) < 4.78 is 0. The third-order valence-corrected chi connectivity index (χ3v) is 1.82. The smallest absolute Gasteiger partial charge is 0.317 e. The first-order chi connectivity index (χ1) is 7.35. The third kappa shape index (κ3) is 13.0. The second-order valence-electron chi connectivity index (χ2n) is 4.64. The average molecular weight is 260 g/mol. The minimum absolute atomic E-state index is 0. The molecule has 1 N–H and O–H groups in total. The molecule has 0 spiro atoms. The van der Waals surface area contributed by atoms with Crippen molar-refractivity contribution in [2.75, 3.05) is 19.6 Å². The molecule has 98 valence electrons. The van der Waals surface area contributed by atoms with E-state index in [0.29, 0.717) is 6.54 Å². The van der Waals surface area contributed by atoms with E-state index in [1.54, 1.807) is 6.08 Å². The highest BCUT2D eigenvalue weighted by atomic mass is 35.5. The lowest BCUT2D eigenvalue weighted by Crippen LogP contribution is -2.29. The van der Waals surface area contributed by atoms with E-state index < -0.39 is 5.97 Å². The molecule has 3 nitrogen and oxygen atoms in total. The Labute approximate surface area is 110 Å². The highest BCUT2D eigenvalue weighted by Gasteiger charge is 2.04. The summed E-state index contributed by atoms with van der Waals surface area (Å²) in [6.45, 7) is 9.53. The molecule has 0 unspecified atom stereocenters. The minimum Gasteiger partial charge on any atom is -0.480 e. The van der Waals surface area contributed by atoms with E-state index in [-0.39, 0.29) is 24.4 Å². The fourth-order valence-corrected chi connectivity index (χ4v) is 1.02. The zero-order chi connectivity index (χ0) is 12.6. The highest BCUT2D eigenvalue weighted by molar-refractivity contribution is 5.85. The van der Waals surface area contributed by atoms with Crippen molar-refractivity contribution in [2.24, 2.45) is 5.41 Å². The van der Waals surface area contributed by atoms with Gasteiger partial charge in [-0.2, -0.15) is 0 Å². The third-order valence-electron chi connectivity index (χ3n) is 1.82. The summed E-state index contributed by atoms with van der Waals surface area (Å²) in [7, 11) is 0. The topological polar surface area (TPSA) is 40.5 Å². The van der Waals surface area contributed by atoms with E-state index in [0.717, 1.165) is 6.54 Å². The molecule has 0 rings (SSSR count). The molecule has 0 aliphatic heterocycles. The number of halogens is 1. The van der Waals surface area contributed by atoms with Crippen LogP contribution in [0.3, 0.4) is 0 Å². The number of hydrogen-bond acceptors (Lipinski definition) is 2. The Kier molecular flexibility index (Phi) is 9.83. The molecule has 0 fully saturated rings. The first-order valence-corrected chi connectivity index (χ1v) is 5.47. The van der Waals surface area contributed by atoms with Crippen LogP contribution in [0.15, 0.2) is 12.2 Å². The molecule has 0 aromatic heterocycles. The lowest BCUT2D eigenvalue weighted by molar-refractivity contribution is -0.138. The van der Waals surface area contributed by atoms with Gasteiger partial charge in [0.15, 0.2) is 0 Å². The standard InChI is InChI=1S/C13H21NO2.ClH/c1-5-14(11-12(15)16)10-8-6-7-9-13(2,3)4;/h6,8H,5,10-11H2,1-4H3,(H,15,16);1H. The number of nitrogens with zero attached hydrogens (tertiary/aromatic N) is 1. The number of likely N-dealkylation sites (N-methyl/N-ethyl adjacent to an activating group) is 1. The van der Waals surface area contributed by atoms with E-state index in [1.807, 2.05) is 17.9 Å². The summed E-state index contributed by atoms with van der Waals surface area (Å²) >= 11 is 0. The Morgan fingerprint density at radius 2 is 2.00 bits per heavy atom. The van der Waals surface area contributed by atoms with Gasteiger partial charge in [0.05, 0.1) is 6.54 Å². The van der Waals surface area contributed by atoms with Gasteiger partial charge in [0, 0.05) is 12.0 Å². The molecule has 0 amide bonds. The molecule has 0 aliphatic rings. The number of allylic oxidation sites excluding steroid dienone is 1. The minimum atomic E-state index is -0.795. The fourth-order valence-electron chi connectivity index (χ4n) is 1.02. The van der Waals surface area contributed by atoms with Gasteiger partial charge in [0.25, 0.3) is 0 Å². The summed E-state index contributed by atoms with van der Waals surface area (Å²) in [4.78, 5) is 12.3. The number of carbonyl (C=O) groups is 1. The second kappa shape index (κ2) is 9.09. The van der Waals surface area contributed by atoms with Crippen molar-refractivity contribution in [1.82, 2.24) is 4.90 Å². The predicted molar refractivity (Wildman–Crippen MR) is 73.4 cm³/mol. The van der Waals surface area contributed by atoms with Crippen LogP contribution in [0.1, 0.15) is 27.7 Å². The van der Waals surface area contributed by atoms with Gasteiger partial charge in [-0.05, 0) is 33.4 Å². The van der Waals surface area contributed by atoms with Gasteiger partial charge < -0.3 is 5.11 Å². The van der Waals surface area contributed by atoms with Crippen molar-refractivity contribution in [2.45, 2.75) is 27.7 Å². The van der Waals surface area contributed by atoms with Crippen LogP contribution in [0.4, 0.5) is 0 Å². The Morgan fingerprint density at radius 3 is 2.41 bits per heavy atom. The van der Waals surface area contributed by atoms with Crippen molar-refractivity contribution in [3.63, 3.8) is 0 Å². The maximum absolute atomic E-state index is 10.5. The van der Waals surface area contributed by atoms with Crippen molar-refractivity contribution in [1.29, 1.82) is 0 Å². The number of rotatable bonds is 5. The number of aliphatic carboxylic acids is 1. The zero-order valence-corrected chi connectivity index (χ0v) is 11.8. The summed E-state index contributed by atoms with van der Waals surface area (Å²) in [6.07, 6.45) is 3.68. The van der Waals surface area contributed by atoms with E-state index in [2.05, 4.69) is 32.6 Å². The molecule has 0 atom stereocenters. The van der Waals surface area contributed by atoms with E-state index in [1.165, 1.54) is 0 Å². The molecule has 0 saturated carbocycles. The predicted octanol–water partition coefficient (Wildman–Crippen LogP) is 2.42. The Bertz CT molecular complexity index is 308. The van der Waals surface area contributed by atoms with Crippen LogP contribution in [0, 0.1) is 17.3 Å². The van der Waals surface area contributed by atoms with Crippen LogP contribution in [0.2, 0.25) is 0 Å². The normalized spacial score (nSPS) is 10.9. The Morgan fingerprint density at radius 1 is 1.41 bits per heavy atom. The summed E-state index contributed by atoms with van der Waals surface area (Å²) in [5.41, 5.74) is 0.00977. The summed E-state index contributed by atoms with van der Waals surface area (Å²) in [6, 6.07) is 0. The number of hydrogen-bond donors (Lipinski definition) is 1. The molecule has 0 radical (unpaired) electrons. The summed E-state index contributed by atoms with van der Waals surface area (Å²) in [5.74, 6) is 5.24. The van der Waals surface area contributed by atoms with Gasteiger partial charge in [-0.25, -0.2) is 0 Å². The Hall–Kier alpha value is -0.980. The molecule has 0 bridgehead atoms. The number of carboxylic acid groups (broad SMARTS) is 1. The van der Waals surface area contributed by atoms with Crippen LogP contribution < -0.4 is 0 Å².